The van der Waals surface area contributed by atoms with Crippen molar-refractivity contribution in [2.24, 2.45) is 0 Å². The lowest BCUT2D eigenvalue weighted by atomic mass is 10.1. The van der Waals surface area contributed by atoms with Gasteiger partial charge in [0.05, 0.1) is 30.5 Å². The van der Waals surface area contributed by atoms with Crippen LogP contribution in [0.15, 0.2) is 30.5 Å². The topological polar surface area (TPSA) is 111 Å². The van der Waals surface area contributed by atoms with Gasteiger partial charge in [-0.2, -0.15) is 10.1 Å². The molecule has 0 amide bonds. The summed E-state index contributed by atoms with van der Waals surface area (Å²) < 4.78 is 10.4. The zero-order chi connectivity index (χ0) is 16.9. The van der Waals surface area contributed by atoms with Crippen LogP contribution in [0, 0.1) is 0 Å². The molecule has 3 aromatic rings. The van der Waals surface area contributed by atoms with Crippen molar-refractivity contribution in [3.8, 4) is 11.3 Å². The maximum Gasteiger partial charge on any atom is 0.222 e. The Hall–Kier alpha value is -2.71. The van der Waals surface area contributed by atoms with Gasteiger partial charge in [-0.3, -0.25) is 5.10 Å². The average Bonchev–Trinajstić information content (AvgIpc) is 3.09. The van der Waals surface area contributed by atoms with Crippen LogP contribution in [0.3, 0.4) is 0 Å². The minimum absolute atomic E-state index is 0.0372. The molecule has 24 heavy (non-hydrogen) atoms. The Kier molecular flexibility index (Phi) is 4.88. The van der Waals surface area contributed by atoms with Crippen LogP contribution < -0.4 is 11.1 Å². The molecule has 0 spiro atoms. The highest BCUT2D eigenvalue weighted by Gasteiger charge is 2.13. The van der Waals surface area contributed by atoms with Gasteiger partial charge in [-0.15, -0.1) is 0 Å². The number of nitrogens with zero attached hydrogens (tertiary/aromatic N) is 3. The SMILES string of the molecule is COCC(COC)Nc1nc(N)nc2cc(-c3ccn[nH]3)ccc12. The number of nitrogens with one attached hydrogen (secondary N) is 2. The zero-order valence-electron chi connectivity index (χ0n) is 13.6. The van der Waals surface area contributed by atoms with E-state index in [0.717, 1.165) is 22.2 Å². The Bertz CT molecular complexity index is 800. The summed E-state index contributed by atoms with van der Waals surface area (Å²) >= 11 is 0. The maximum absolute atomic E-state index is 5.87. The monoisotopic (exact) mass is 328 g/mol. The molecule has 0 aliphatic carbocycles. The molecule has 126 valence electrons. The van der Waals surface area contributed by atoms with Crippen LogP contribution in [0.25, 0.3) is 22.2 Å². The first-order valence-electron chi connectivity index (χ1n) is 7.52. The van der Waals surface area contributed by atoms with E-state index in [4.69, 9.17) is 15.2 Å². The van der Waals surface area contributed by atoms with Crippen molar-refractivity contribution in [3.05, 3.63) is 30.5 Å². The number of H-pyrrole nitrogens is 1. The van der Waals surface area contributed by atoms with Crippen LogP contribution in [0.4, 0.5) is 11.8 Å². The average molecular weight is 328 g/mol. The summed E-state index contributed by atoms with van der Waals surface area (Å²) in [5.74, 6) is 0.869. The fourth-order valence-corrected chi connectivity index (χ4v) is 2.57. The number of benzene rings is 1. The van der Waals surface area contributed by atoms with Gasteiger partial charge in [0.25, 0.3) is 0 Å². The van der Waals surface area contributed by atoms with E-state index in [1.807, 2.05) is 24.3 Å². The molecule has 0 saturated carbocycles. The number of anilines is 2. The summed E-state index contributed by atoms with van der Waals surface area (Å²) in [4.78, 5) is 8.66. The first-order chi connectivity index (χ1) is 11.7. The van der Waals surface area contributed by atoms with E-state index in [9.17, 15) is 0 Å². The normalized spacial score (nSPS) is 11.3. The molecular formula is C16H20N6O2. The van der Waals surface area contributed by atoms with Crippen molar-refractivity contribution in [1.82, 2.24) is 20.2 Å². The smallest absolute Gasteiger partial charge is 0.222 e. The van der Waals surface area contributed by atoms with Crippen LogP contribution in [0.1, 0.15) is 0 Å². The molecule has 0 unspecified atom stereocenters. The molecule has 8 heteroatoms. The van der Waals surface area contributed by atoms with E-state index in [2.05, 4.69) is 25.5 Å². The largest absolute Gasteiger partial charge is 0.382 e. The van der Waals surface area contributed by atoms with Gasteiger partial charge in [0, 0.05) is 31.4 Å². The highest BCUT2D eigenvalue weighted by molar-refractivity contribution is 5.92. The summed E-state index contributed by atoms with van der Waals surface area (Å²) in [7, 11) is 3.29. The first-order valence-corrected chi connectivity index (χ1v) is 7.52. The molecule has 0 aliphatic rings. The Morgan fingerprint density at radius 3 is 2.62 bits per heavy atom. The fourth-order valence-electron chi connectivity index (χ4n) is 2.57. The number of rotatable bonds is 7. The number of hydrogen-bond donors (Lipinski definition) is 3. The Balaban J connectivity index is 1.98. The summed E-state index contributed by atoms with van der Waals surface area (Å²) in [6.07, 6.45) is 1.71. The van der Waals surface area contributed by atoms with Gasteiger partial charge in [0.2, 0.25) is 5.95 Å². The van der Waals surface area contributed by atoms with Crippen LogP contribution in [0.5, 0.6) is 0 Å². The lowest BCUT2D eigenvalue weighted by molar-refractivity contribution is 0.126. The predicted molar refractivity (Wildman–Crippen MR) is 92.7 cm³/mol. The molecule has 8 nitrogen and oxygen atoms in total. The van der Waals surface area contributed by atoms with Gasteiger partial charge < -0.3 is 20.5 Å². The fraction of sp³-hybridized carbons (Fsp3) is 0.312. The van der Waals surface area contributed by atoms with Gasteiger partial charge in [-0.25, -0.2) is 4.98 Å². The van der Waals surface area contributed by atoms with E-state index in [-0.39, 0.29) is 12.0 Å². The van der Waals surface area contributed by atoms with E-state index in [1.54, 1.807) is 20.4 Å². The minimum Gasteiger partial charge on any atom is -0.382 e. The molecule has 0 fully saturated rings. The van der Waals surface area contributed by atoms with E-state index in [1.165, 1.54) is 0 Å². The number of aromatic amines is 1. The molecule has 0 radical (unpaired) electrons. The molecule has 0 saturated heterocycles. The molecular weight excluding hydrogens is 308 g/mol. The van der Waals surface area contributed by atoms with Gasteiger partial charge >= 0.3 is 0 Å². The highest BCUT2D eigenvalue weighted by Crippen LogP contribution is 2.26. The zero-order valence-corrected chi connectivity index (χ0v) is 13.6. The van der Waals surface area contributed by atoms with E-state index < -0.39 is 0 Å². The van der Waals surface area contributed by atoms with Gasteiger partial charge in [-0.1, -0.05) is 6.07 Å². The minimum atomic E-state index is -0.0372. The number of methoxy groups -OCH3 is 2. The van der Waals surface area contributed by atoms with Gasteiger partial charge in [-0.05, 0) is 18.2 Å². The molecule has 0 atom stereocenters. The number of aromatic nitrogens is 4. The molecule has 2 aromatic heterocycles. The van der Waals surface area contributed by atoms with Gasteiger partial charge in [0.15, 0.2) is 0 Å². The van der Waals surface area contributed by atoms with Crippen molar-refractivity contribution in [3.63, 3.8) is 0 Å². The summed E-state index contributed by atoms with van der Waals surface area (Å²) in [5, 5.41) is 11.1. The van der Waals surface area contributed by atoms with Crippen LogP contribution in [-0.2, 0) is 9.47 Å². The van der Waals surface area contributed by atoms with E-state index >= 15 is 0 Å². The third-order valence-corrected chi connectivity index (χ3v) is 3.60. The second-order valence-corrected chi connectivity index (χ2v) is 5.38. The maximum atomic E-state index is 5.87. The third-order valence-electron chi connectivity index (χ3n) is 3.60. The van der Waals surface area contributed by atoms with Crippen molar-refractivity contribution in [2.75, 3.05) is 38.5 Å². The molecule has 0 bridgehead atoms. The Morgan fingerprint density at radius 2 is 1.96 bits per heavy atom. The van der Waals surface area contributed by atoms with E-state index in [0.29, 0.717) is 19.0 Å². The second kappa shape index (κ2) is 7.24. The Labute approximate surface area is 139 Å². The first kappa shape index (κ1) is 16.2. The van der Waals surface area contributed by atoms with Gasteiger partial charge in [0.1, 0.15) is 5.82 Å². The summed E-state index contributed by atoms with van der Waals surface area (Å²) in [6.45, 7) is 0.983. The van der Waals surface area contributed by atoms with Crippen molar-refractivity contribution < 1.29 is 9.47 Å². The van der Waals surface area contributed by atoms with Crippen molar-refractivity contribution >= 4 is 22.7 Å². The number of nitrogen functional groups attached to an aromatic ring is 1. The highest BCUT2D eigenvalue weighted by atomic mass is 16.5. The lowest BCUT2D eigenvalue weighted by Crippen LogP contribution is -2.30. The Morgan fingerprint density at radius 1 is 1.17 bits per heavy atom. The molecule has 0 aliphatic heterocycles. The number of hydrogen-bond acceptors (Lipinski definition) is 7. The number of ether oxygens (including phenoxy) is 2. The number of nitrogens with two attached hydrogens (primary N) is 1. The van der Waals surface area contributed by atoms with Crippen molar-refractivity contribution in [1.29, 1.82) is 0 Å². The van der Waals surface area contributed by atoms with Crippen LogP contribution in [-0.4, -0.2) is 53.6 Å². The van der Waals surface area contributed by atoms with Crippen molar-refractivity contribution in [2.45, 2.75) is 6.04 Å². The molecule has 4 N–H and O–H groups in total. The number of fused-ring (bicyclic) bond motifs is 1. The summed E-state index contributed by atoms with van der Waals surface area (Å²) in [6, 6.07) is 7.77. The second-order valence-electron chi connectivity index (χ2n) is 5.38. The molecule has 2 heterocycles. The predicted octanol–water partition coefficient (Wildman–Crippen LogP) is 1.68. The standard InChI is InChI=1S/C16H20N6O2/c1-23-8-11(9-24-2)19-15-12-4-3-10(13-5-6-18-22-13)7-14(12)20-16(17)21-15/h3-7,11H,8-9H2,1-2H3,(H,18,22)(H3,17,19,20,21). The molecule has 3 rings (SSSR count). The quantitative estimate of drug-likeness (QED) is 0.605. The molecule has 1 aromatic carbocycles. The summed E-state index contributed by atoms with van der Waals surface area (Å²) in [5.41, 5.74) is 8.53. The van der Waals surface area contributed by atoms with Crippen LogP contribution in [0.2, 0.25) is 0 Å². The van der Waals surface area contributed by atoms with Crippen LogP contribution >= 0.6 is 0 Å². The lowest BCUT2D eigenvalue weighted by Gasteiger charge is -2.19. The third kappa shape index (κ3) is 3.44.